The lowest BCUT2D eigenvalue weighted by molar-refractivity contribution is -0.139. The zero-order chi connectivity index (χ0) is 28.9. The molecule has 4 aromatic rings. The fraction of sp³-hybridized carbons (Fsp3) is 0.219. The molecule has 0 amide bonds. The van der Waals surface area contributed by atoms with Crippen LogP contribution in [-0.2, 0) is 16.1 Å². The van der Waals surface area contributed by atoms with Crippen molar-refractivity contribution in [1.82, 2.24) is 4.57 Å². The van der Waals surface area contributed by atoms with Gasteiger partial charge in [0.15, 0.2) is 16.3 Å². The molecule has 41 heavy (non-hydrogen) atoms. The Bertz CT molecular complexity index is 1780. The molecule has 1 aromatic heterocycles. The van der Waals surface area contributed by atoms with Gasteiger partial charge in [-0.1, -0.05) is 71.5 Å². The number of rotatable bonds is 9. The van der Waals surface area contributed by atoms with E-state index in [1.165, 1.54) is 11.3 Å². The maximum atomic E-state index is 13.8. The quantitative estimate of drug-likeness (QED) is 0.244. The first kappa shape index (κ1) is 28.4. The van der Waals surface area contributed by atoms with E-state index in [1.54, 1.807) is 24.5 Å². The molecule has 2 heterocycles. The van der Waals surface area contributed by atoms with Gasteiger partial charge in [0, 0.05) is 5.02 Å². The van der Waals surface area contributed by atoms with E-state index in [9.17, 15) is 9.59 Å². The standard InChI is InChI=1S/C32H29ClN2O5S/c1-4-38-26-17-22(13-16-25(26)40-19-21-11-14-24(33)15-12-21)18-27-30(36)35-29(23-9-7-6-8-10-23)28(31(37)39-5-2)20(3)34-32(35)41-27/h6-18,29H,4-5,19H2,1-3H3/b27-18-/t29-/m1/s1. The van der Waals surface area contributed by atoms with E-state index in [0.717, 1.165) is 16.7 Å². The van der Waals surface area contributed by atoms with E-state index in [0.29, 0.717) is 50.3 Å². The van der Waals surface area contributed by atoms with Gasteiger partial charge in [-0.3, -0.25) is 9.36 Å². The second-order valence-corrected chi connectivity index (χ2v) is 10.7. The minimum atomic E-state index is -0.642. The maximum Gasteiger partial charge on any atom is 0.338 e. The second kappa shape index (κ2) is 12.6. The van der Waals surface area contributed by atoms with Crippen molar-refractivity contribution in [2.75, 3.05) is 13.2 Å². The van der Waals surface area contributed by atoms with E-state index >= 15 is 0 Å². The Labute approximate surface area is 246 Å². The number of thiazole rings is 1. The fourth-order valence-corrected chi connectivity index (χ4v) is 5.81. The lowest BCUT2D eigenvalue weighted by Crippen LogP contribution is -2.39. The van der Waals surface area contributed by atoms with Crippen LogP contribution in [0, 0.1) is 0 Å². The molecule has 0 N–H and O–H groups in total. The smallest absolute Gasteiger partial charge is 0.338 e. The number of allylic oxidation sites excluding steroid dienone is 1. The van der Waals surface area contributed by atoms with Gasteiger partial charge in [0.2, 0.25) is 0 Å². The number of benzene rings is 3. The van der Waals surface area contributed by atoms with Gasteiger partial charge in [-0.25, -0.2) is 9.79 Å². The van der Waals surface area contributed by atoms with Crippen molar-refractivity contribution in [3.63, 3.8) is 0 Å². The molecule has 0 spiro atoms. The summed E-state index contributed by atoms with van der Waals surface area (Å²) in [6.45, 7) is 6.47. The highest BCUT2D eigenvalue weighted by Crippen LogP contribution is 2.31. The summed E-state index contributed by atoms with van der Waals surface area (Å²) in [5.41, 5.74) is 3.21. The molecule has 0 unspecified atom stereocenters. The van der Waals surface area contributed by atoms with E-state index in [1.807, 2.05) is 79.7 Å². The highest BCUT2D eigenvalue weighted by Gasteiger charge is 2.33. The molecule has 0 aliphatic carbocycles. The third-order valence-corrected chi connectivity index (χ3v) is 7.74. The van der Waals surface area contributed by atoms with Crippen molar-refractivity contribution >= 4 is 35.0 Å². The van der Waals surface area contributed by atoms with Crippen LogP contribution in [0.4, 0.5) is 0 Å². The Hall–Kier alpha value is -4.14. The minimum absolute atomic E-state index is 0.225. The highest BCUT2D eigenvalue weighted by molar-refractivity contribution is 7.07. The molecule has 0 fully saturated rings. The van der Waals surface area contributed by atoms with E-state index in [-0.39, 0.29) is 12.2 Å². The van der Waals surface area contributed by atoms with Gasteiger partial charge in [-0.2, -0.15) is 0 Å². The molecular weight excluding hydrogens is 560 g/mol. The summed E-state index contributed by atoms with van der Waals surface area (Å²) in [5.74, 6) is 0.692. The second-order valence-electron chi connectivity index (χ2n) is 9.27. The number of hydrogen-bond donors (Lipinski definition) is 0. The molecule has 1 aliphatic heterocycles. The largest absolute Gasteiger partial charge is 0.490 e. The van der Waals surface area contributed by atoms with Crippen LogP contribution in [0.15, 0.2) is 93.9 Å². The molecule has 0 saturated carbocycles. The summed E-state index contributed by atoms with van der Waals surface area (Å²) < 4.78 is 19.3. The predicted octanol–water partition coefficient (Wildman–Crippen LogP) is 5.43. The topological polar surface area (TPSA) is 79.1 Å². The van der Waals surface area contributed by atoms with Gasteiger partial charge in [-0.05, 0) is 67.8 Å². The van der Waals surface area contributed by atoms with Gasteiger partial charge in [0.05, 0.1) is 35.1 Å². The Morgan fingerprint density at radius 1 is 1.00 bits per heavy atom. The van der Waals surface area contributed by atoms with E-state index < -0.39 is 12.0 Å². The lowest BCUT2D eigenvalue weighted by atomic mass is 9.96. The number of hydrogen-bond acceptors (Lipinski definition) is 7. The first-order valence-electron chi connectivity index (χ1n) is 13.3. The number of nitrogens with zero attached hydrogens (tertiary/aromatic N) is 2. The van der Waals surface area contributed by atoms with Crippen LogP contribution in [0.3, 0.4) is 0 Å². The number of esters is 1. The summed E-state index contributed by atoms with van der Waals surface area (Å²) >= 11 is 7.26. The normalized spacial score (nSPS) is 14.8. The molecule has 1 atom stereocenters. The van der Waals surface area contributed by atoms with Crippen LogP contribution in [0.2, 0.25) is 5.02 Å². The van der Waals surface area contributed by atoms with Gasteiger partial charge >= 0.3 is 5.97 Å². The molecule has 9 heteroatoms. The zero-order valence-corrected chi connectivity index (χ0v) is 24.5. The molecule has 5 rings (SSSR count). The summed E-state index contributed by atoms with van der Waals surface area (Å²) in [4.78, 5) is 32.0. The van der Waals surface area contributed by atoms with E-state index in [4.69, 9.17) is 25.8 Å². The maximum absolute atomic E-state index is 13.8. The highest BCUT2D eigenvalue weighted by atomic mass is 35.5. The fourth-order valence-electron chi connectivity index (χ4n) is 4.64. The van der Waals surface area contributed by atoms with Crippen LogP contribution < -0.4 is 24.4 Å². The Kier molecular flexibility index (Phi) is 8.71. The van der Waals surface area contributed by atoms with Gasteiger partial charge < -0.3 is 14.2 Å². The van der Waals surface area contributed by atoms with Crippen molar-refractivity contribution < 1.29 is 19.0 Å². The number of ether oxygens (including phenoxy) is 3. The molecule has 3 aromatic carbocycles. The third-order valence-electron chi connectivity index (χ3n) is 6.51. The Balaban J connectivity index is 1.53. The summed E-state index contributed by atoms with van der Waals surface area (Å²) in [6.07, 6.45) is 1.81. The van der Waals surface area contributed by atoms with Crippen LogP contribution >= 0.6 is 22.9 Å². The first-order valence-corrected chi connectivity index (χ1v) is 14.5. The molecule has 0 bridgehead atoms. The molecular formula is C32H29ClN2O5S. The number of carbonyl (C=O) groups is 1. The monoisotopic (exact) mass is 588 g/mol. The van der Waals surface area contributed by atoms with Gasteiger partial charge in [0.25, 0.3) is 5.56 Å². The average molecular weight is 589 g/mol. The predicted molar refractivity (Wildman–Crippen MR) is 160 cm³/mol. The van der Waals surface area contributed by atoms with Crippen LogP contribution in [0.1, 0.15) is 43.5 Å². The van der Waals surface area contributed by atoms with Crippen LogP contribution in [0.25, 0.3) is 6.08 Å². The number of halogens is 1. The molecule has 0 radical (unpaired) electrons. The van der Waals surface area contributed by atoms with Crippen molar-refractivity contribution in [3.8, 4) is 11.5 Å². The van der Waals surface area contributed by atoms with Gasteiger partial charge in [0.1, 0.15) is 6.61 Å². The lowest BCUT2D eigenvalue weighted by Gasteiger charge is -2.24. The summed E-state index contributed by atoms with van der Waals surface area (Å²) in [5, 5.41) is 0.667. The Morgan fingerprint density at radius 2 is 1.76 bits per heavy atom. The van der Waals surface area contributed by atoms with Crippen molar-refractivity contribution in [2.24, 2.45) is 4.99 Å². The number of fused-ring (bicyclic) bond motifs is 1. The molecule has 0 saturated heterocycles. The summed E-state index contributed by atoms with van der Waals surface area (Å²) in [6, 6.07) is 21.8. The minimum Gasteiger partial charge on any atom is -0.490 e. The number of carbonyl (C=O) groups excluding carboxylic acids is 1. The molecule has 1 aliphatic rings. The average Bonchev–Trinajstić information content (AvgIpc) is 3.27. The van der Waals surface area contributed by atoms with E-state index in [2.05, 4.69) is 4.99 Å². The number of aromatic nitrogens is 1. The first-order chi connectivity index (χ1) is 19.9. The van der Waals surface area contributed by atoms with Crippen LogP contribution in [0.5, 0.6) is 11.5 Å². The zero-order valence-electron chi connectivity index (χ0n) is 22.9. The molecule has 7 nitrogen and oxygen atoms in total. The van der Waals surface area contributed by atoms with Crippen molar-refractivity contribution in [2.45, 2.75) is 33.4 Å². The third kappa shape index (κ3) is 6.14. The van der Waals surface area contributed by atoms with Crippen molar-refractivity contribution in [3.05, 3.63) is 125 Å². The van der Waals surface area contributed by atoms with Crippen LogP contribution in [-0.4, -0.2) is 23.8 Å². The summed E-state index contributed by atoms with van der Waals surface area (Å²) in [7, 11) is 0. The van der Waals surface area contributed by atoms with Crippen molar-refractivity contribution in [1.29, 1.82) is 0 Å². The molecule has 210 valence electrons. The Morgan fingerprint density at radius 3 is 2.46 bits per heavy atom. The van der Waals surface area contributed by atoms with Gasteiger partial charge in [-0.15, -0.1) is 0 Å². The SMILES string of the molecule is CCOC(=O)C1=C(C)N=c2s/c(=C\c3ccc(OCc4ccc(Cl)cc4)c(OCC)c3)c(=O)n2[C@@H]1c1ccccc1.